The average Bonchev–Trinajstić information content (AvgIpc) is 2.63. The molecule has 3 rings (SSSR count). The molecule has 2 heterocycles. The van der Waals surface area contributed by atoms with Crippen molar-refractivity contribution in [1.82, 2.24) is 9.80 Å². The fourth-order valence-electron chi connectivity index (χ4n) is 2.73. The highest BCUT2D eigenvalue weighted by atomic mass is 127. The lowest BCUT2D eigenvalue weighted by Crippen LogP contribution is -2.55. The Kier molecular flexibility index (Phi) is 4.15. The average molecular weight is 427 g/mol. The van der Waals surface area contributed by atoms with Gasteiger partial charge in [0.2, 0.25) is 0 Å². The molecule has 1 N–H and O–H groups in total. The number of piperazine rings is 1. The van der Waals surface area contributed by atoms with Gasteiger partial charge in [-0.1, -0.05) is 11.6 Å². The van der Waals surface area contributed by atoms with Gasteiger partial charge >= 0.3 is 6.09 Å². The van der Waals surface area contributed by atoms with Gasteiger partial charge in [0.05, 0.1) is 14.6 Å². The molecular formula is C13H13ClFIN2O3. The highest BCUT2D eigenvalue weighted by Crippen LogP contribution is 2.37. The van der Waals surface area contributed by atoms with E-state index < -0.39 is 6.09 Å². The Labute approximate surface area is 139 Å². The van der Waals surface area contributed by atoms with E-state index in [9.17, 15) is 9.18 Å². The van der Waals surface area contributed by atoms with E-state index in [1.54, 1.807) is 0 Å². The number of amides is 1. The summed E-state index contributed by atoms with van der Waals surface area (Å²) in [6, 6.07) is 1.41. The lowest BCUT2D eigenvalue weighted by molar-refractivity contribution is 0.0503. The Bertz CT molecular complexity index is 601. The Balaban J connectivity index is 1.88. The summed E-state index contributed by atoms with van der Waals surface area (Å²) in [5.74, 6) is 0.157. The summed E-state index contributed by atoms with van der Waals surface area (Å²) < 4.78 is 19.9. The molecule has 8 heteroatoms. The third-order valence-corrected chi connectivity index (χ3v) is 5.60. The molecule has 2 aliphatic heterocycles. The Morgan fingerprint density at radius 1 is 1.52 bits per heavy atom. The van der Waals surface area contributed by atoms with Crippen LogP contribution in [0, 0.1) is 9.39 Å². The van der Waals surface area contributed by atoms with Gasteiger partial charge in [-0.3, -0.25) is 4.90 Å². The molecule has 0 aromatic heterocycles. The molecule has 0 radical (unpaired) electrons. The molecule has 1 aromatic rings. The molecule has 0 unspecified atom stereocenters. The highest BCUT2D eigenvalue weighted by molar-refractivity contribution is 14.1. The fourth-order valence-corrected chi connectivity index (χ4v) is 3.40. The second-order valence-electron chi connectivity index (χ2n) is 5.14. The van der Waals surface area contributed by atoms with Crippen LogP contribution in [0.15, 0.2) is 6.07 Å². The molecular weight excluding hydrogens is 414 g/mol. The van der Waals surface area contributed by atoms with Gasteiger partial charge in [-0.15, -0.1) is 0 Å². The second kappa shape index (κ2) is 5.77. The zero-order valence-electron chi connectivity index (χ0n) is 11.0. The molecule has 21 heavy (non-hydrogen) atoms. The Hall–Kier alpha value is -0.800. The van der Waals surface area contributed by atoms with E-state index in [0.29, 0.717) is 52.7 Å². The summed E-state index contributed by atoms with van der Waals surface area (Å²) in [5, 5.41) is 9.38. The van der Waals surface area contributed by atoms with Crippen LogP contribution in [0.2, 0.25) is 5.02 Å². The molecule has 0 spiro atoms. The number of hydrogen-bond donors (Lipinski definition) is 1. The monoisotopic (exact) mass is 426 g/mol. The van der Waals surface area contributed by atoms with Gasteiger partial charge in [0, 0.05) is 31.7 Å². The number of carbonyl (C=O) groups is 1. The molecule has 5 nitrogen and oxygen atoms in total. The number of benzene rings is 1. The second-order valence-corrected chi connectivity index (χ2v) is 6.60. The maximum Gasteiger partial charge on any atom is 0.407 e. The van der Waals surface area contributed by atoms with Gasteiger partial charge in [-0.25, -0.2) is 9.18 Å². The lowest BCUT2D eigenvalue weighted by Gasteiger charge is -2.38. The Morgan fingerprint density at radius 3 is 3.00 bits per heavy atom. The minimum atomic E-state index is -0.921. The van der Waals surface area contributed by atoms with Gasteiger partial charge in [0.1, 0.15) is 18.2 Å². The first-order valence-electron chi connectivity index (χ1n) is 6.48. The van der Waals surface area contributed by atoms with Gasteiger partial charge in [-0.05, 0) is 28.7 Å². The summed E-state index contributed by atoms with van der Waals surface area (Å²) in [4.78, 5) is 14.6. The summed E-state index contributed by atoms with van der Waals surface area (Å²) in [6.07, 6.45) is -0.921. The predicted molar refractivity (Wildman–Crippen MR) is 83.4 cm³/mol. The SMILES string of the molecule is O=C(O)N1CCN2Cc3cc(F)c(I)c(Cl)c3OC[C@@H]2C1. The molecule has 1 saturated heterocycles. The van der Waals surface area contributed by atoms with Crippen LogP contribution in [-0.4, -0.2) is 53.3 Å². The van der Waals surface area contributed by atoms with E-state index >= 15 is 0 Å². The van der Waals surface area contributed by atoms with Crippen molar-refractivity contribution in [1.29, 1.82) is 0 Å². The molecule has 1 atom stereocenters. The minimum Gasteiger partial charge on any atom is -0.490 e. The molecule has 1 aromatic carbocycles. The molecule has 0 aliphatic carbocycles. The minimum absolute atomic E-state index is 0.0426. The maximum absolute atomic E-state index is 13.8. The third kappa shape index (κ3) is 2.78. The van der Waals surface area contributed by atoms with Crippen LogP contribution in [0.1, 0.15) is 5.56 Å². The van der Waals surface area contributed by atoms with E-state index in [1.807, 2.05) is 22.6 Å². The zero-order chi connectivity index (χ0) is 15.1. The standard InChI is InChI=1S/C13H13ClFIN2O3/c14-10-11(16)9(15)3-7-4-17-1-2-18(13(19)20)5-8(17)6-21-12(7)10/h3,8H,1-2,4-6H2,(H,19,20)/t8-/m0/s1. The smallest absolute Gasteiger partial charge is 0.407 e. The van der Waals surface area contributed by atoms with Crippen molar-refractivity contribution >= 4 is 40.3 Å². The molecule has 0 saturated carbocycles. The van der Waals surface area contributed by atoms with E-state index in [4.69, 9.17) is 21.4 Å². The number of halogens is 3. The van der Waals surface area contributed by atoms with E-state index in [1.165, 1.54) is 11.0 Å². The first-order valence-corrected chi connectivity index (χ1v) is 7.94. The number of hydrogen-bond acceptors (Lipinski definition) is 3. The number of ether oxygens (including phenoxy) is 1. The number of fused-ring (bicyclic) bond motifs is 2. The van der Waals surface area contributed by atoms with Gasteiger partial charge < -0.3 is 14.7 Å². The summed E-state index contributed by atoms with van der Waals surface area (Å²) in [5.41, 5.74) is 0.712. The number of rotatable bonds is 0. The van der Waals surface area contributed by atoms with Crippen molar-refractivity contribution in [3.8, 4) is 5.75 Å². The summed E-state index contributed by atoms with van der Waals surface area (Å²) in [7, 11) is 0. The van der Waals surface area contributed by atoms with Crippen LogP contribution >= 0.6 is 34.2 Å². The zero-order valence-corrected chi connectivity index (χ0v) is 13.9. The predicted octanol–water partition coefficient (Wildman–Crippen LogP) is 2.64. The molecule has 2 aliphatic rings. The van der Waals surface area contributed by atoms with Crippen molar-refractivity contribution in [3.63, 3.8) is 0 Å². The molecule has 1 amide bonds. The van der Waals surface area contributed by atoms with E-state index in [-0.39, 0.29) is 11.9 Å². The number of nitrogens with zero attached hydrogens (tertiary/aromatic N) is 2. The maximum atomic E-state index is 13.8. The molecule has 114 valence electrons. The lowest BCUT2D eigenvalue weighted by atomic mass is 10.1. The van der Waals surface area contributed by atoms with Crippen LogP contribution < -0.4 is 4.74 Å². The highest BCUT2D eigenvalue weighted by Gasteiger charge is 2.33. The summed E-state index contributed by atoms with van der Waals surface area (Å²) in [6.45, 7) is 2.30. The van der Waals surface area contributed by atoms with Crippen LogP contribution in [-0.2, 0) is 6.54 Å². The van der Waals surface area contributed by atoms with Crippen LogP contribution in [0.3, 0.4) is 0 Å². The quantitative estimate of drug-likeness (QED) is 0.512. The van der Waals surface area contributed by atoms with Crippen LogP contribution in [0.4, 0.5) is 9.18 Å². The first-order chi connectivity index (χ1) is 9.97. The molecule has 1 fully saturated rings. The first kappa shape index (κ1) is 15.1. The van der Waals surface area contributed by atoms with Crippen molar-refractivity contribution in [2.75, 3.05) is 26.2 Å². The van der Waals surface area contributed by atoms with Crippen molar-refractivity contribution in [2.45, 2.75) is 12.6 Å². The molecule has 0 bridgehead atoms. The van der Waals surface area contributed by atoms with Gasteiger partial charge in [-0.2, -0.15) is 0 Å². The topological polar surface area (TPSA) is 53.0 Å². The van der Waals surface area contributed by atoms with E-state index in [0.717, 1.165) is 0 Å². The van der Waals surface area contributed by atoms with Crippen molar-refractivity contribution in [2.24, 2.45) is 0 Å². The normalized spacial score (nSPS) is 22.0. The van der Waals surface area contributed by atoms with Crippen molar-refractivity contribution < 1.29 is 19.0 Å². The number of carboxylic acid groups (broad SMARTS) is 1. The summed E-state index contributed by atoms with van der Waals surface area (Å²) >= 11 is 8.02. The third-order valence-electron chi connectivity index (χ3n) is 3.86. The largest absolute Gasteiger partial charge is 0.490 e. The van der Waals surface area contributed by atoms with Crippen LogP contribution in [0.25, 0.3) is 0 Å². The van der Waals surface area contributed by atoms with Crippen LogP contribution in [0.5, 0.6) is 5.75 Å². The van der Waals surface area contributed by atoms with Crippen molar-refractivity contribution in [3.05, 3.63) is 26.0 Å². The van der Waals surface area contributed by atoms with E-state index in [2.05, 4.69) is 4.90 Å². The fraction of sp³-hybridized carbons (Fsp3) is 0.462. The Morgan fingerprint density at radius 2 is 2.29 bits per heavy atom. The van der Waals surface area contributed by atoms with Gasteiger partial charge in [0.15, 0.2) is 0 Å². The van der Waals surface area contributed by atoms with Gasteiger partial charge in [0.25, 0.3) is 0 Å².